The number of aromatic nitrogens is 3. The summed E-state index contributed by atoms with van der Waals surface area (Å²) in [7, 11) is 0. The molecule has 15 heteroatoms. The van der Waals surface area contributed by atoms with E-state index in [4.69, 9.17) is 9.97 Å². The SMILES string of the molecule is CC(C)n1cnc2cc(-c3ccc4c(c3)N(C3CC(N5CCCCC5)C3)C(=O)C43CCN(C(=O)[C@]45C[C@H]4CN(C(=O)C4CCN(c6ccc(C7CCC(=O)NC7=O)cc6)CC4)C5)CC3)nc(NC3CC3)c21. The maximum atomic E-state index is 15.3. The fraction of sp³-hybridized carbons (Fsp3) is 0.589. The van der Waals surface area contributed by atoms with E-state index in [9.17, 15) is 19.2 Å². The summed E-state index contributed by atoms with van der Waals surface area (Å²) < 4.78 is 2.20. The Bertz CT molecular complexity index is 2810. The average Bonchev–Trinajstić information content (AvgIpc) is 4.22. The van der Waals surface area contributed by atoms with Crippen molar-refractivity contribution in [3.05, 3.63) is 66.0 Å². The Hall–Kier alpha value is -5.83. The Morgan fingerprint density at radius 3 is 2.31 bits per heavy atom. The first kappa shape index (κ1) is 45.1. The molecule has 1 unspecified atom stereocenters. The van der Waals surface area contributed by atoms with Crippen molar-refractivity contribution >= 4 is 57.8 Å². The van der Waals surface area contributed by atoms with E-state index in [1.54, 1.807) is 0 Å². The molecule has 5 saturated heterocycles. The lowest BCUT2D eigenvalue weighted by atomic mass is 9.73. The number of nitrogens with one attached hydrogen (secondary N) is 2. The number of benzene rings is 2. The zero-order valence-electron chi connectivity index (χ0n) is 41.4. The van der Waals surface area contributed by atoms with Gasteiger partial charge in [0.2, 0.25) is 29.5 Å². The molecule has 9 aliphatic rings. The second-order valence-electron chi connectivity index (χ2n) is 23.2. The molecule has 2 aromatic heterocycles. The Kier molecular flexibility index (Phi) is 10.9. The van der Waals surface area contributed by atoms with Crippen molar-refractivity contribution in [2.75, 3.05) is 67.5 Å². The van der Waals surface area contributed by atoms with Gasteiger partial charge in [0.05, 0.1) is 34.3 Å². The Morgan fingerprint density at radius 1 is 0.831 bits per heavy atom. The molecule has 5 amide bonds. The maximum Gasteiger partial charge on any atom is 0.238 e. The van der Waals surface area contributed by atoms with E-state index in [1.807, 2.05) is 40.4 Å². The highest BCUT2D eigenvalue weighted by Crippen LogP contribution is 2.60. The van der Waals surface area contributed by atoms with E-state index in [-0.39, 0.29) is 59.4 Å². The van der Waals surface area contributed by atoms with Crippen molar-refractivity contribution in [3.63, 3.8) is 0 Å². The second kappa shape index (κ2) is 17.2. The third-order valence-corrected chi connectivity index (χ3v) is 18.6. The number of likely N-dealkylation sites (tertiary alicyclic amines) is 3. The molecule has 4 aromatic rings. The van der Waals surface area contributed by atoms with Crippen molar-refractivity contribution in [1.82, 2.24) is 34.6 Å². The highest BCUT2D eigenvalue weighted by atomic mass is 16.2. The number of hydrogen-bond donors (Lipinski definition) is 2. The number of piperidine rings is 5. The minimum Gasteiger partial charge on any atom is -0.371 e. The van der Waals surface area contributed by atoms with Crippen LogP contribution < -0.4 is 20.4 Å². The van der Waals surface area contributed by atoms with Crippen LogP contribution in [0.1, 0.15) is 127 Å². The van der Waals surface area contributed by atoms with Crippen LogP contribution in [0, 0.1) is 17.3 Å². The van der Waals surface area contributed by atoms with Crippen LogP contribution in [0.5, 0.6) is 0 Å². The number of fused-ring (bicyclic) bond motifs is 4. The molecule has 3 atom stereocenters. The van der Waals surface area contributed by atoms with Gasteiger partial charge >= 0.3 is 0 Å². The Morgan fingerprint density at radius 2 is 1.59 bits per heavy atom. The van der Waals surface area contributed by atoms with E-state index in [2.05, 4.69) is 68.0 Å². The van der Waals surface area contributed by atoms with Crippen LogP contribution >= 0.6 is 0 Å². The number of carbonyl (C=O) groups is 5. The summed E-state index contributed by atoms with van der Waals surface area (Å²) in [5, 5.41) is 6.17. The van der Waals surface area contributed by atoms with Gasteiger partial charge in [-0.15, -0.1) is 0 Å². The van der Waals surface area contributed by atoms with Gasteiger partial charge in [0, 0.05) is 92.7 Å². The van der Waals surface area contributed by atoms with E-state index >= 15 is 4.79 Å². The molecule has 0 radical (unpaired) electrons. The normalized spacial score (nSPS) is 28.6. The number of imidazole rings is 1. The van der Waals surface area contributed by atoms with Crippen molar-refractivity contribution in [3.8, 4) is 11.3 Å². The summed E-state index contributed by atoms with van der Waals surface area (Å²) in [5.41, 5.74) is 6.70. The summed E-state index contributed by atoms with van der Waals surface area (Å²) in [6.07, 6.45) is 14.4. The number of amides is 5. The molecule has 2 aromatic carbocycles. The number of pyridine rings is 1. The third-order valence-electron chi connectivity index (χ3n) is 18.6. The number of nitrogens with zero attached hydrogens (tertiary/aromatic N) is 8. The number of rotatable bonds is 10. The van der Waals surface area contributed by atoms with Gasteiger partial charge in [-0.2, -0.15) is 0 Å². The van der Waals surface area contributed by atoms with Crippen molar-refractivity contribution in [2.24, 2.45) is 17.3 Å². The molecular formula is C56H68N10O5. The minimum absolute atomic E-state index is 0.0696. The highest BCUT2D eigenvalue weighted by Gasteiger charge is 2.67. The molecule has 1 spiro atoms. The molecule has 0 bridgehead atoms. The molecule has 2 N–H and O–H groups in total. The van der Waals surface area contributed by atoms with Crippen molar-refractivity contribution in [2.45, 2.75) is 139 Å². The van der Waals surface area contributed by atoms with Gasteiger partial charge in [-0.05, 0) is 145 Å². The fourth-order valence-electron chi connectivity index (χ4n) is 14.0. The minimum atomic E-state index is -0.685. The van der Waals surface area contributed by atoms with Crippen LogP contribution in [0.25, 0.3) is 22.3 Å². The summed E-state index contributed by atoms with van der Waals surface area (Å²) in [6.45, 7) is 10.4. The lowest BCUT2D eigenvalue weighted by Crippen LogP contribution is -2.58. The van der Waals surface area contributed by atoms with Crippen molar-refractivity contribution in [1.29, 1.82) is 0 Å². The zero-order chi connectivity index (χ0) is 48.3. The number of imide groups is 1. The van der Waals surface area contributed by atoms with Crippen LogP contribution in [0.3, 0.4) is 0 Å². The molecule has 8 fully saturated rings. The molecule has 71 heavy (non-hydrogen) atoms. The second-order valence-corrected chi connectivity index (χ2v) is 23.2. The summed E-state index contributed by atoms with van der Waals surface area (Å²) >= 11 is 0. The molecule has 15 nitrogen and oxygen atoms in total. The van der Waals surface area contributed by atoms with Crippen LogP contribution in [0.4, 0.5) is 17.2 Å². The van der Waals surface area contributed by atoms with E-state index in [0.29, 0.717) is 63.9 Å². The van der Waals surface area contributed by atoms with Gasteiger partial charge in [-0.3, -0.25) is 29.3 Å². The molecule has 372 valence electrons. The first-order valence-electron chi connectivity index (χ1n) is 27.1. The molecular weight excluding hydrogens is 893 g/mol. The van der Waals surface area contributed by atoms with Crippen LogP contribution in [0.2, 0.25) is 0 Å². The first-order valence-corrected chi connectivity index (χ1v) is 27.1. The third kappa shape index (κ3) is 7.64. The molecule has 6 aliphatic heterocycles. The van der Waals surface area contributed by atoms with Gasteiger partial charge in [-0.25, -0.2) is 9.97 Å². The maximum absolute atomic E-state index is 15.3. The van der Waals surface area contributed by atoms with Gasteiger partial charge in [0.15, 0.2) is 5.82 Å². The van der Waals surface area contributed by atoms with Gasteiger partial charge in [-0.1, -0.05) is 30.7 Å². The monoisotopic (exact) mass is 961 g/mol. The van der Waals surface area contributed by atoms with Crippen LogP contribution in [-0.2, 0) is 29.4 Å². The number of anilines is 3. The standard InChI is InChI=1S/C56H68N10O5/c1-34(2)65-33-57-46-29-45(59-50(49(46)65)58-39-9-10-39)37-8-14-44-47(26-37)66(42-27-41(28-42)61-20-4-3-5-21-61)54(71)55(44)18-24-63(25-19-55)53(70)56-30-38(56)31-64(32-56)52(69)36-16-22-62(23-17-36)40-11-6-35(7-12-40)43-13-15-48(67)60-51(43)68/h6-8,11-12,14,26,29,33-34,36,38-39,41-43H,3-5,9-10,13,15-25,27-28,30-32H2,1-2H3,(H,58,59)(H,60,67,68)/t38-,41?,42?,43?,56-/m0/s1. The first-order chi connectivity index (χ1) is 34.5. The number of carbonyl (C=O) groups excluding carboxylic acids is 5. The van der Waals surface area contributed by atoms with Crippen molar-refractivity contribution < 1.29 is 24.0 Å². The summed E-state index contributed by atoms with van der Waals surface area (Å²) in [5.74, 6) is 0.796. The largest absolute Gasteiger partial charge is 0.371 e. The topological polar surface area (TPSA) is 156 Å². The van der Waals surface area contributed by atoms with Crippen LogP contribution in [0.15, 0.2) is 54.9 Å². The lowest BCUT2D eigenvalue weighted by molar-refractivity contribution is -0.142. The zero-order valence-corrected chi connectivity index (χ0v) is 41.4. The molecule has 3 saturated carbocycles. The van der Waals surface area contributed by atoms with Crippen LogP contribution in [-0.4, -0.2) is 129 Å². The predicted molar refractivity (Wildman–Crippen MR) is 271 cm³/mol. The fourth-order valence-corrected chi connectivity index (χ4v) is 14.0. The number of hydrogen-bond acceptors (Lipinski definition) is 10. The molecule has 13 rings (SSSR count). The molecule has 3 aliphatic carbocycles. The van der Waals surface area contributed by atoms with E-state index in [0.717, 1.165) is 122 Å². The summed E-state index contributed by atoms with van der Waals surface area (Å²) in [6, 6.07) is 18.1. The van der Waals surface area contributed by atoms with Gasteiger partial charge < -0.3 is 34.4 Å². The molecule has 8 heterocycles. The summed E-state index contributed by atoms with van der Waals surface area (Å²) in [4.78, 5) is 89.4. The predicted octanol–water partition coefficient (Wildman–Crippen LogP) is 6.76. The van der Waals surface area contributed by atoms with Gasteiger partial charge in [0.1, 0.15) is 5.52 Å². The highest BCUT2D eigenvalue weighted by molar-refractivity contribution is 6.10. The Labute approximate surface area is 416 Å². The quantitative estimate of drug-likeness (QED) is 0.163. The van der Waals surface area contributed by atoms with Gasteiger partial charge in [0.25, 0.3) is 0 Å². The van der Waals surface area contributed by atoms with E-state index < -0.39 is 10.8 Å². The smallest absolute Gasteiger partial charge is 0.238 e. The lowest BCUT2D eigenvalue weighted by Gasteiger charge is -2.48. The van der Waals surface area contributed by atoms with E-state index in [1.165, 1.54) is 19.3 Å². The Balaban J connectivity index is 0.689. The average molecular weight is 961 g/mol.